The van der Waals surface area contributed by atoms with E-state index < -0.39 is 244 Å². The van der Waals surface area contributed by atoms with Gasteiger partial charge in [0.25, 0.3) is 0 Å². The van der Waals surface area contributed by atoms with E-state index in [0.29, 0.717) is 5.12 Å². The Labute approximate surface area is 495 Å². The third-order valence-corrected chi connectivity index (χ3v) is 16.9. The minimum atomic E-state index is -2.63. The number of nitrogens with two attached hydrogens (primary N) is 1. The Morgan fingerprint density at radius 3 is 1.48 bits per heavy atom. The van der Waals surface area contributed by atoms with Crippen molar-refractivity contribution in [1.29, 1.82) is 0 Å². The number of aliphatic hydroxyl groups excluding tert-OH is 4. The monoisotopic (exact) mass is 1230 g/mol. The van der Waals surface area contributed by atoms with Crippen molar-refractivity contribution in [3.8, 4) is 34.5 Å². The maximum atomic E-state index is 14.3. The lowest BCUT2D eigenvalue weighted by atomic mass is 9.72. The highest BCUT2D eigenvalue weighted by Gasteiger charge is 2.54. The first-order valence-corrected chi connectivity index (χ1v) is 27.1. The van der Waals surface area contributed by atoms with Gasteiger partial charge in [-0.3, -0.25) is 39.2 Å². The molecule has 8 unspecified atom stereocenters. The molecule has 4 aromatic carbocycles. The van der Waals surface area contributed by atoms with Crippen molar-refractivity contribution < 1.29 is 128 Å². The number of carbonyl (C=O) groups is 8. The summed E-state index contributed by atoms with van der Waals surface area (Å²) in [5.74, 6) is -10.2. The second-order valence-electron chi connectivity index (χ2n) is 22.0. The highest BCUT2D eigenvalue weighted by Crippen LogP contribution is 2.55. The molecule has 0 spiro atoms. The summed E-state index contributed by atoms with van der Waals surface area (Å²) in [6, 6.07) is 1.20. The summed E-state index contributed by atoms with van der Waals surface area (Å²) in [6.45, 7) is 0.0349. The fourth-order valence-corrected chi connectivity index (χ4v) is 12.5. The van der Waals surface area contributed by atoms with Crippen molar-refractivity contribution in [3.63, 3.8) is 0 Å². The molecule has 4 aromatic rings. The number of methoxy groups -OCH3 is 2. The number of rotatable bonds is 14. The Balaban J connectivity index is 1.00. The summed E-state index contributed by atoms with van der Waals surface area (Å²) in [6.07, 6.45) is -18.4. The van der Waals surface area contributed by atoms with E-state index in [0.717, 1.165) is 0 Å². The number of hydrogen-bond acceptors (Lipinski definition) is 28. The lowest BCUT2D eigenvalue weighted by Crippen LogP contribution is -2.70. The lowest BCUT2D eigenvalue weighted by Gasteiger charge is -2.48. The molecule has 2 saturated heterocycles. The lowest BCUT2D eigenvalue weighted by molar-refractivity contribution is -0.319. The number of fused-ring (bicyclic) bond motifs is 6. The van der Waals surface area contributed by atoms with Crippen molar-refractivity contribution in [1.82, 2.24) is 26.3 Å². The first-order chi connectivity index (χ1) is 41.6. The minimum Gasteiger partial charge on any atom is -0.507 e. The molecular weight excluding hydrogens is 1170 g/mol. The van der Waals surface area contributed by atoms with Crippen LogP contribution in [0.3, 0.4) is 0 Å². The number of Topliss-reactive ketones (excluding diaryl/α,β-unsaturated/α-hetero) is 2. The van der Waals surface area contributed by atoms with E-state index in [-0.39, 0.29) is 38.9 Å². The van der Waals surface area contributed by atoms with Crippen LogP contribution in [0.2, 0.25) is 0 Å². The van der Waals surface area contributed by atoms with Gasteiger partial charge in [-0.25, -0.2) is 20.4 Å². The van der Waals surface area contributed by atoms with E-state index in [1.165, 1.54) is 64.5 Å². The average molecular weight is 1230 g/mol. The van der Waals surface area contributed by atoms with Gasteiger partial charge in [-0.2, -0.15) is 0 Å². The van der Waals surface area contributed by atoms with Crippen molar-refractivity contribution in [2.45, 2.75) is 125 Å². The molecule has 0 aromatic heterocycles. The number of amides is 4. The number of hydrogen-bond donors (Lipinski definition) is 15. The number of nitrogens with one attached hydrogen (secondary N) is 2. The Hall–Kier alpha value is -8.32. The normalized spacial score (nSPS) is 27.9. The van der Waals surface area contributed by atoms with Crippen LogP contribution in [-0.2, 0) is 41.4 Å². The van der Waals surface area contributed by atoms with Gasteiger partial charge >= 0.3 is 12.1 Å². The number of hydroxylamine groups is 2. The number of aliphatic hydroxyl groups is 6. The van der Waals surface area contributed by atoms with E-state index in [1.54, 1.807) is 5.43 Å². The number of primary amides is 1. The Morgan fingerprint density at radius 2 is 1.06 bits per heavy atom. The number of aromatic hydroxyl groups is 4. The molecule has 2 fully saturated rings. The number of carbonyl (C=O) groups excluding carboxylic acids is 8. The number of ether oxygens (including phenoxy) is 6. The number of benzene rings is 4. The SMILES string of the molecule is COc1cccc2c1C(=O)c1c(O)c3c(c(O)c1C2=O)C[C@@](O)(C(=O)CO)C[C@@H]3OC1CC(NN(C2CC(O[C@H]3C[C@](O)(C(=O)CO)Cc4c(O)c5c(c(O)c43)C(=O)c3c(OC)cccc3C5=O)OC(C)C2O)N(O)C(=O)NN(O)C(N)=O)C(O)C(C)O1. The fourth-order valence-electron chi connectivity index (χ4n) is 12.5. The van der Waals surface area contributed by atoms with Gasteiger partial charge in [0.15, 0.2) is 35.7 Å². The molecule has 2 heterocycles. The topological polar surface area (TPSA) is 495 Å². The van der Waals surface area contributed by atoms with Gasteiger partial charge in [0, 0.05) is 71.9 Å². The molecule has 0 bridgehead atoms. The molecular formula is C56H60N6O26. The highest BCUT2D eigenvalue weighted by molar-refractivity contribution is 6.32. The van der Waals surface area contributed by atoms with Crippen LogP contribution in [0.25, 0.3) is 0 Å². The second kappa shape index (κ2) is 23.3. The number of phenolic OH excluding ortho intramolecular Hbond substituents is 4. The first kappa shape index (κ1) is 62.7. The van der Waals surface area contributed by atoms with Crippen molar-refractivity contribution in [3.05, 3.63) is 103 Å². The standard InChI is InChI=1S/C56H60N6O26/c1-19-43(67)25(11-33(85-19)87-29-15-55(79,31(65)17-63)13-23-37(29)51(75)41-39(47(23)71)45(69)21-7-5-9-27(83-3)35(21)49(41)73)58-60(62(82)54(78)59-61(81)53(57)77)26-12-34(86-20(2)44(26)68)88-30-16-56(80,32(66)18-64)14-24-38(30)52(76)42-40(48(24)72)46(70)22-8-6-10-28(84-4)36(22)50(42)74/h5-10,19-20,25-26,29-30,33-34,43-44,58,63-64,67-68,71-72,75-76,79-82H,11-18H2,1-4H3,(H2,57,77)(H,59,78)/t19?,20?,25?,26?,29-,30-,33?,34?,43?,44?,55-,56-/m0/s1. The summed E-state index contributed by atoms with van der Waals surface area (Å²) in [5, 5.41) is 137. The summed E-state index contributed by atoms with van der Waals surface area (Å²) in [4.78, 5) is 109. The molecule has 16 N–H and O–H groups in total. The van der Waals surface area contributed by atoms with E-state index >= 15 is 0 Å². The highest BCUT2D eigenvalue weighted by atomic mass is 16.7. The molecule has 4 aliphatic carbocycles. The predicted molar refractivity (Wildman–Crippen MR) is 285 cm³/mol. The second-order valence-corrected chi connectivity index (χ2v) is 22.0. The van der Waals surface area contributed by atoms with Gasteiger partial charge in [-0.05, 0) is 26.0 Å². The number of ketones is 6. The molecule has 32 heteroatoms. The Morgan fingerprint density at radius 1 is 0.636 bits per heavy atom. The Kier molecular flexibility index (Phi) is 16.6. The van der Waals surface area contributed by atoms with Crippen molar-refractivity contribution in [2.24, 2.45) is 5.73 Å². The van der Waals surface area contributed by atoms with Gasteiger partial charge in [-0.15, -0.1) is 15.5 Å². The zero-order chi connectivity index (χ0) is 64.1. The van der Waals surface area contributed by atoms with Gasteiger partial charge < -0.3 is 85.2 Å². The summed E-state index contributed by atoms with van der Waals surface area (Å²) in [7, 11) is 2.44. The van der Waals surface area contributed by atoms with E-state index in [1.807, 2.05) is 0 Å². The zero-order valence-electron chi connectivity index (χ0n) is 46.9. The molecule has 10 rings (SSSR count). The molecule has 32 nitrogen and oxygen atoms in total. The van der Waals surface area contributed by atoms with Crippen LogP contribution in [0.15, 0.2) is 36.4 Å². The average Bonchev–Trinajstić information content (AvgIpc) is 0.824. The molecule has 4 amide bonds. The molecule has 6 aliphatic rings. The van der Waals surface area contributed by atoms with Crippen LogP contribution < -0.4 is 26.1 Å². The summed E-state index contributed by atoms with van der Waals surface area (Å²) < 4.78 is 35.4. The molecule has 0 radical (unpaired) electrons. The minimum absolute atomic E-state index is 0.0674. The van der Waals surface area contributed by atoms with Crippen LogP contribution in [-0.4, -0.2) is 211 Å². The van der Waals surface area contributed by atoms with Crippen molar-refractivity contribution >= 4 is 46.8 Å². The number of hydrazine groups is 3. The largest absolute Gasteiger partial charge is 0.507 e. The molecule has 470 valence electrons. The molecule has 12 atom stereocenters. The number of phenols is 4. The van der Waals surface area contributed by atoms with Crippen LogP contribution in [0.4, 0.5) is 9.59 Å². The van der Waals surface area contributed by atoms with E-state index in [4.69, 9.17) is 34.2 Å². The predicted octanol–water partition coefficient (Wildman–Crippen LogP) is -1.09. The van der Waals surface area contributed by atoms with Crippen LogP contribution >= 0.6 is 0 Å². The summed E-state index contributed by atoms with van der Waals surface area (Å²) >= 11 is 0. The van der Waals surface area contributed by atoms with Crippen LogP contribution in [0, 0.1) is 0 Å². The Bertz CT molecular complexity index is 3640. The fraction of sp³-hybridized carbons (Fsp3) is 0.429. The van der Waals surface area contributed by atoms with E-state index in [9.17, 15) is 99.8 Å². The van der Waals surface area contributed by atoms with Crippen LogP contribution in [0.5, 0.6) is 34.5 Å². The molecule has 88 heavy (non-hydrogen) atoms. The third kappa shape index (κ3) is 10.2. The number of nitrogens with zero attached hydrogens (tertiary/aromatic N) is 3. The maximum Gasteiger partial charge on any atom is 0.378 e. The van der Waals surface area contributed by atoms with Crippen LogP contribution in [0.1, 0.15) is 138 Å². The van der Waals surface area contributed by atoms with Gasteiger partial charge in [0.2, 0.25) is 11.6 Å². The zero-order valence-corrected chi connectivity index (χ0v) is 46.9. The third-order valence-electron chi connectivity index (χ3n) is 16.9. The first-order valence-electron chi connectivity index (χ1n) is 27.1. The number of urea groups is 2. The summed E-state index contributed by atoms with van der Waals surface area (Å²) in [5.41, 5.74) is -1.50. The van der Waals surface area contributed by atoms with Gasteiger partial charge in [-0.1, -0.05) is 24.3 Å². The van der Waals surface area contributed by atoms with Crippen molar-refractivity contribution in [2.75, 3.05) is 27.4 Å². The van der Waals surface area contributed by atoms with Gasteiger partial charge in [0.1, 0.15) is 58.9 Å². The smallest absolute Gasteiger partial charge is 0.378 e. The maximum absolute atomic E-state index is 14.3. The van der Waals surface area contributed by atoms with E-state index in [2.05, 4.69) is 5.43 Å². The van der Waals surface area contributed by atoms with Gasteiger partial charge in [0.05, 0.1) is 96.3 Å². The molecule has 0 saturated carbocycles. The quantitative estimate of drug-likeness (QED) is 0.0350. The molecule has 2 aliphatic heterocycles.